The van der Waals surface area contributed by atoms with Crippen molar-refractivity contribution in [3.05, 3.63) is 85.1 Å². The Morgan fingerprint density at radius 1 is 0.286 bits per heavy atom. The Morgan fingerprint density at radius 2 is 0.510 bits per heavy atom. The molecule has 0 aromatic carbocycles. The summed E-state index contributed by atoms with van der Waals surface area (Å²) >= 11 is 0. The highest BCUT2D eigenvalue weighted by Gasteiger charge is 2.30. The van der Waals surface area contributed by atoms with E-state index in [2.05, 4.69) is 101 Å². The standard InChI is InChI=1S/C79H140O17P2/c1-5-9-13-17-21-25-29-33-35-36-38-41-44-48-52-56-60-64-77(82)90-70-74(95-78(83)65-61-57-53-49-45-40-32-28-24-20-16-12-8-4)71-93-97(85,86)91-67-73(80)68-92-98(87,88)94-72-75(69-89-76(81)63-59-55-51-47-43-39-31-27-23-19-15-11-7-3)96-79(84)66-62-58-54-50-46-42-37-34-30-26-22-18-14-10-6-2/h21-22,25-26,28,32-35,37-38,41,48,52,73-75,80H,5-20,23-24,27,29-31,36,39-40,42-47,49-51,53-72H2,1-4H3,(H,85,86)(H,87,88)/b25-21-,26-22-,32-28-,35-33-,37-34-,41-38-,52-48-/t73-,74+,75+/m0/s1. The number of hydrogen-bond acceptors (Lipinski definition) is 15. The van der Waals surface area contributed by atoms with Gasteiger partial charge in [-0.25, -0.2) is 9.13 Å². The number of ether oxygens (including phenoxy) is 4. The molecule has 568 valence electrons. The van der Waals surface area contributed by atoms with Crippen molar-refractivity contribution in [1.82, 2.24) is 0 Å². The molecule has 0 heterocycles. The van der Waals surface area contributed by atoms with Gasteiger partial charge in [-0.3, -0.25) is 37.3 Å². The lowest BCUT2D eigenvalue weighted by Gasteiger charge is -2.21. The Labute approximate surface area is 595 Å². The molecule has 0 saturated heterocycles. The van der Waals surface area contributed by atoms with Crippen molar-refractivity contribution in [2.75, 3.05) is 39.6 Å². The summed E-state index contributed by atoms with van der Waals surface area (Å²) in [7, 11) is -9.96. The van der Waals surface area contributed by atoms with Crippen LogP contribution in [-0.4, -0.2) is 96.7 Å². The third kappa shape index (κ3) is 70.7. The molecule has 0 aromatic heterocycles. The molecule has 0 aliphatic heterocycles. The molecule has 0 spiro atoms. The fourth-order valence-electron chi connectivity index (χ4n) is 10.4. The fraction of sp³-hybridized carbons (Fsp3) is 0.772. The van der Waals surface area contributed by atoms with Gasteiger partial charge in [0, 0.05) is 25.7 Å². The van der Waals surface area contributed by atoms with Crippen LogP contribution in [0, 0.1) is 0 Å². The molecule has 0 bridgehead atoms. The number of phosphoric acid groups is 2. The number of aliphatic hydroxyl groups is 1. The Balaban J connectivity index is 5.39. The summed E-state index contributed by atoms with van der Waals surface area (Å²) in [6.07, 6.45) is 72.9. The third-order valence-electron chi connectivity index (χ3n) is 16.3. The van der Waals surface area contributed by atoms with Crippen molar-refractivity contribution >= 4 is 39.5 Å². The van der Waals surface area contributed by atoms with Crippen LogP contribution in [0.1, 0.15) is 336 Å². The molecule has 0 amide bonds. The maximum Gasteiger partial charge on any atom is 0.472 e. The van der Waals surface area contributed by atoms with Crippen LogP contribution in [0.3, 0.4) is 0 Å². The minimum absolute atomic E-state index is 0.0743. The second-order valence-electron chi connectivity index (χ2n) is 25.9. The second-order valence-corrected chi connectivity index (χ2v) is 28.9. The first-order valence-corrected chi connectivity index (χ1v) is 41.8. The fourth-order valence-corrected chi connectivity index (χ4v) is 11.9. The van der Waals surface area contributed by atoms with Crippen molar-refractivity contribution in [3.63, 3.8) is 0 Å². The number of aliphatic hydroxyl groups excluding tert-OH is 1. The van der Waals surface area contributed by atoms with E-state index < -0.39 is 97.5 Å². The monoisotopic (exact) mass is 1420 g/mol. The van der Waals surface area contributed by atoms with E-state index in [1.807, 2.05) is 12.2 Å². The molecule has 0 radical (unpaired) electrons. The molecular weight excluding hydrogens is 1280 g/mol. The van der Waals surface area contributed by atoms with Gasteiger partial charge in [-0.05, 0) is 122 Å². The zero-order chi connectivity index (χ0) is 71.8. The largest absolute Gasteiger partial charge is 0.472 e. The lowest BCUT2D eigenvalue weighted by atomic mass is 10.0. The first-order valence-electron chi connectivity index (χ1n) is 38.8. The van der Waals surface area contributed by atoms with Gasteiger partial charge in [0.05, 0.1) is 26.4 Å². The van der Waals surface area contributed by atoms with Gasteiger partial charge < -0.3 is 33.8 Å². The number of carbonyl (C=O) groups is 4. The molecule has 0 saturated carbocycles. The highest BCUT2D eigenvalue weighted by Crippen LogP contribution is 2.45. The van der Waals surface area contributed by atoms with Gasteiger partial charge in [0.15, 0.2) is 12.2 Å². The van der Waals surface area contributed by atoms with E-state index in [-0.39, 0.29) is 25.7 Å². The van der Waals surface area contributed by atoms with Crippen molar-refractivity contribution in [2.24, 2.45) is 0 Å². The molecule has 0 aliphatic rings. The summed E-state index contributed by atoms with van der Waals surface area (Å²) in [4.78, 5) is 72.8. The number of hydrogen-bond donors (Lipinski definition) is 3. The van der Waals surface area contributed by atoms with Gasteiger partial charge in [-0.2, -0.15) is 0 Å². The van der Waals surface area contributed by atoms with Crippen LogP contribution in [0.4, 0.5) is 0 Å². The van der Waals surface area contributed by atoms with Crippen LogP contribution in [0.15, 0.2) is 85.1 Å². The molecule has 17 nitrogen and oxygen atoms in total. The zero-order valence-electron chi connectivity index (χ0n) is 62.0. The highest BCUT2D eigenvalue weighted by atomic mass is 31.2. The van der Waals surface area contributed by atoms with Gasteiger partial charge in [-0.1, -0.05) is 273 Å². The minimum atomic E-state index is -4.98. The third-order valence-corrected chi connectivity index (χ3v) is 18.2. The van der Waals surface area contributed by atoms with E-state index in [0.717, 1.165) is 128 Å². The lowest BCUT2D eigenvalue weighted by molar-refractivity contribution is -0.161. The summed E-state index contributed by atoms with van der Waals surface area (Å²) in [5.74, 6) is -2.25. The summed E-state index contributed by atoms with van der Waals surface area (Å²) in [6, 6.07) is 0. The molecule has 19 heteroatoms. The number of unbranched alkanes of at least 4 members (excludes halogenated alkanes) is 33. The van der Waals surface area contributed by atoms with E-state index in [0.29, 0.717) is 32.1 Å². The number of allylic oxidation sites excluding steroid dienone is 14. The molecule has 5 atom stereocenters. The van der Waals surface area contributed by atoms with Crippen molar-refractivity contribution in [2.45, 2.75) is 354 Å². The first-order chi connectivity index (χ1) is 47.7. The Hall–Kier alpha value is -3.76. The normalized spacial score (nSPS) is 14.4. The SMILES string of the molecule is CCCCC/C=C\C/C=C\C/C=C\C/C=C\CCCC(=O)OC[C@H](COP(=O)(O)OC[C@H](O)COP(=O)(O)OC[C@@H](COC(=O)CCCCCCCCCCCCCCC)OC(=O)CCCCCCC/C=C\C/C=C\CCCCC)OC(=O)CCCCCCC/C=C\CCCCCC. The van der Waals surface area contributed by atoms with Gasteiger partial charge in [0.1, 0.15) is 19.3 Å². The zero-order valence-corrected chi connectivity index (χ0v) is 63.7. The highest BCUT2D eigenvalue weighted by molar-refractivity contribution is 7.47. The van der Waals surface area contributed by atoms with E-state index in [1.54, 1.807) is 0 Å². The van der Waals surface area contributed by atoms with Crippen LogP contribution >= 0.6 is 15.6 Å². The van der Waals surface area contributed by atoms with Crippen molar-refractivity contribution in [1.29, 1.82) is 0 Å². The van der Waals surface area contributed by atoms with Crippen LogP contribution < -0.4 is 0 Å². The molecule has 3 N–H and O–H groups in total. The Bertz CT molecular complexity index is 2190. The maximum absolute atomic E-state index is 13.1. The van der Waals surface area contributed by atoms with Crippen LogP contribution in [-0.2, 0) is 65.4 Å². The minimum Gasteiger partial charge on any atom is -0.462 e. The molecule has 0 rings (SSSR count). The van der Waals surface area contributed by atoms with Gasteiger partial charge >= 0.3 is 39.5 Å². The molecule has 98 heavy (non-hydrogen) atoms. The number of carbonyl (C=O) groups excluding carboxylic acids is 4. The summed E-state index contributed by atoms with van der Waals surface area (Å²) in [6.45, 7) is 4.75. The average molecular weight is 1420 g/mol. The number of phosphoric ester groups is 2. The molecule has 0 aliphatic carbocycles. The van der Waals surface area contributed by atoms with Crippen LogP contribution in [0.2, 0.25) is 0 Å². The van der Waals surface area contributed by atoms with Crippen molar-refractivity contribution < 1.29 is 80.2 Å². The molecule has 2 unspecified atom stereocenters. The summed E-state index contributed by atoms with van der Waals surface area (Å²) in [5, 5.41) is 10.6. The second kappa shape index (κ2) is 71.6. The van der Waals surface area contributed by atoms with E-state index in [1.165, 1.54) is 122 Å². The first kappa shape index (κ1) is 94.2. The smallest absolute Gasteiger partial charge is 0.462 e. The van der Waals surface area contributed by atoms with E-state index in [9.17, 15) is 43.2 Å². The van der Waals surface area contributed by atoms with Crippen LogP contribution in [0.25, 0.3) is 0 Å². The predicted molar refractivity (Wildman–Crippen MR) is 399 cm³/mol. The summed E-state index contributed by atoms with van der Waals surface area (Å²) in [5.41, 5.74) is 0. The van der Waals surface area contributed by atoms with Crippen LogP contribution in [0.5, 0.6) is 0 Å². The van der Waals surface area contributed by atoms with Gasteiger partial charge in [0.2, 0.25) is 0 Å². The topological polar surface area (TPSA) is 237 Å². The number of rotatable bonds is 73. The molecular formula is C79H140O17P2. The van der Waals surface area contributed by atoms with Crippen molar-refractivity contribution in [3.8, 4) is 0 Å². The lowest BCUT2D eigenvalue weighted by Crippen LogP contribution is -2.30. The van der Waals surface area contributed by atoms with Gasteiger partial charge in [-0.15, -0.1) is 0 Å². The maximum atomic E-state index is 13.1. The predicted octanol–water partition coefficient (Wildman–Crippen LogP) is 22.2. The van der Waals surface area contributed by atoms with Gasteiger partial charge in [0.25, 0.3) is 0 Å². The molecule has 0 fully saturated rings. The molecule has 0 aromatic rings. The quantitative estimate of drug-likeness (QED) is 0.0169. The number of esters is 4. The summed E-state index contributed by atoms with van der Waals surface area (Å²) < 4.78 is 68.4. The van der Waals surface area contributed by atoms with E-state index in [4.69, 9.17) is 37.0 Å². The average Bonchev–Trinajstić information content (AvgIpc) is 0.962. The van der Waals surface area contributed by atoms with E-state index >= 15 is 0 Å². The Morgan fingerprint density at radius 3 is 0.847 bits per heavy atom. The Kier molecular flexibility index (Phi) is 68.9.